The zero-order chi connectivity index (χ0) is 21.5. The Balaban J connectivity index is 1.48. The highest BCUT2D eigenvalue weighted by molar-refractivity contribution is 7.99. The third-order valence-electron chi connectivity index (χ3n) is 5.16. The van der Waals surface area contributed by atoms with Crippen LogP contribution in [0.15, 0.2) is 47.6 Å². The summed E-state index contributed by atoms with van der Waals surface area (Å²) in [6.07, 6.45) is 2.79. The Bertz CT molecular complexity index is 999. The second kappa shape index (κ2) is 10.3. The lowest BCUT2D eigenvalue weighted by Crippen LogP contribution is -2.15. The predicted molar refractivity (Wildman–Crippen MR) is 121 cm³/mol. The smallest absolute Gasteiger partial charge is 0.234 e. The summed E-state index contributed by atoms with van der Waals surface area (Å²) in [6.45, 7) is 4.05. The fraction of sp³-hybridized carbons (Fsp3) is 0.348. The van der Waals surface area contributed by atoms with Gasteiger partial charge in [-0.1, -0.05) is 36.0 Å². The van der Waals surface area contributed by atoms with Crippen molar-refractivity contribution in [2.24, 2.45) is 7.05 Å². The number of methoxy groups -OCH3 is 1. The summed E-state index contributed by atoms with van der Waals surface area (Å²) >= 11 is 1.40. The Morgan fingerprint density at radius 2 is 1.87 bits per heavy atom. The Morgan fingerprint density at radius 1 is 1.10 bits per heavy atom. The van der Waals surface area contributed by atoms with Crippen molar-refractivity contribution in [3.8, 4) is 5.75 Å². The van der Waals surface area contributed by atoms with Gasteiger partial charge in [-0.25, -0.2) is 0 Å². The summed E-state index contributed by atoms with van der Waals surface area (Å²) in [5.41, 5.74) is 4.38. The van der Waals surface area contributed by atoms with E-state index in [1.165, 1.54) is 17.3 Å². The SMILES string of the molecule is COc1ccc(CCCc2nnc(SCC(=O)Nc3cccc(C)c3C)n2C)cc1. The molecule has 0 spiro atoms. The molecule has 3 rings (SSSR count). The number of rotatable bonds is 9. The van der Waals surface area contributed by atoms with E-state index in [1.807, 2.05) is 55.8 Å². The summed E-state index contributed by atoms with van der Waals surface area (Å²) in [5.74, 6) is 2.06. The van der Waals surface area contributed by atoms with Gasteiger partial charge in [0, 0.05) is 19.2 Å². The van der Waals surface area contributed by atoms with Crippen LogP contribution < -0.4 is 10.1 Å². The van der Waals surface area contributed by atoms with Crippen molar-refractivity contribution in [2.45, 2.75) is 38.3 Å². The molecule has 0 fully saturated rings. The van der Waals surface area contributed by atoms with Crippen molar-refractivity contribution < 1.29 is 9.53 Å². The number of hydrogen-bond donors (Lipinski definition) is 1. The first-order valence-corrected chi connectivity index (χ1v) is 11.0. The van der Waals surface area contributed by atoms with E-state index in [1.54, 1.807) is 7.11 Å². The highest BCUT2D eigenvalue weighted by Crippen LogP contribution is 2.20. The number of carbonyl (C=O) groups excluding carboxylic acids is 1. The third kappa shape index (κ3) is 5.63. The van der Waals surface area contributed by atoms with E-state index in [2.05, 4.69) is 27.6 Å². The first-order valence-electron chi connectivity index (χ1n) is 9.98. The molecular formula is C23H28N4O2S. The minimum Gasteiger partial charge on any atom is -0.497 e. The number of hydrogen-bond acceptors (Lipinski definition) is 5. The first kappa shape index (κ1) is 21.9. The van der Waals surface area contributed by atoms with Crippen molar-refractivity contribution in [2.75, 3.05) is 18.2 Å². The molecule has 0 radical (unpaired) electrons. The van der Waals surface area contributed by atoms with Crippen LogP contribution in [-0.2, 0) is 24.7 Å². The summed E-state index contributed by atoms with van der Waals surface area (Å²) < 4.78 is 7.17. The monoisotopic (exact) mass is 424 g/mol. The number of thioether (sulfide) groups is 1. The normalized spacial score (nSPS) is 10.8. The van der Waals surface area contributed by atoms with Crippen LogP contribution in [0, 0.1) is 13.8 Å². The number of anilines is 1. The number of nitrogens with zero attached hydrogens (tertiary/aromatic N) is 3. The van der Waals surface area contributed by atoms with Gasteiger partial charge >= 0.3 is 0 Å². The average Bonchev–Trinajstić information content (AvgIpc) is 3.10. The fourth-order valence-corrected chi connectivity index (χ4v) is 3.86. The van der Waals surface area contributed by atoms with Crippen molar-refractivity contribution in [3.05, 3.63) is 65.0 Å². The van der Waals surface area contributed by atoms with E-state index in [0.717, 1.165) is 52.8 Å². The lowest BCUT2D eigenvalue weighted by Gasteiger charge is -2.10. The maximum atomic E-state index is 12.3. The van der Waals surface area contributed by atoms with Crippen LogP contribution in [0.5, 0.6) is 5.75 Å². The number of ether oxygens (including phenoxy) is 1. The van der Waals surface area contributed by atoms with Crippen LogP contribution >= 0.6 is 11.8 Å². The molecule has 1 heterocycles. The standard InChI is InChI=1S/C23H28N4O2S/c1-16-7-5-9-20(17(16)2)24-22(28)15-30-23-26-25-21(27(23)3)10-6-8-18-11-13-19(29-4)14-12-18/h5,7,9,11-14H,6,8,10,15H2,1-4H3,(H,24,28). The van der Waals surface area contributed by atoms with Crippen molar-refractivity contribution >= 4 is 23.4 Å². The van der Waals surface area contributed by atoms with Gasteiger partial charge < -0.3 is 14.6 Å². The van der Waals surface area contributed by atoms with E-state index < -0.39 is 0 Å². The molecule has 7 heteroatoms. The van der Waals surface area contributed by atoms with Crippen molar-refractivity contribution in [1.82, 2.24) is 14.8 Å². The zero-order valence-electron chi connectivity index (χ0n) is 17.9. The molecule has 0 aliphatic heterocycles. The van der Waals surface area contributed by atoms with Gasteiger partial charge in [0.15, 0.2) is 5.16 Å². The lowest BCUT2D eigenvalue weighted by atomic mass is 10.1. The van der Waals surface area contributed by atoms with Crippen LogP contribution in [0.25, 0.3) is 0 Å². The molecule has 158 valence electrons. The highest BCUT2D eigenvalue weighted by atomic mass is 32.2. The summed E-state index contributed by atoms with van der Waals surface area (Å²) in [6, 6.07) is 14.1. The second-order valence-electron chi connectivity index (χ2n) is 7.24. The molecule has 30 heavy (non-hydrogen) atoms. The van der Waals surface area contributed by atoms with Crippen molar-refractivity contribution in [1.29, 1.82) is 0 Å². The second-order valence-corrected chi connectivity index (χ2v) is 8.19. The average molecular weight is 425 g/mol. The van der Waals surface area contributed by atoms with Gasteiger partial charge in [-0.05, 0) is 61.6 Å². The largest absolute Gasteiger partial charge is 0.497 e. The minimum absolute atomic E-state index is 0.0437. The summed E-state index contributed by atoms with van der Waals surface area (Å²) in [4.78, 5) is 12.3. The molecule has 1 N–H and O–H groups in total. The summed E-state index contributed by atoms with van der Waals surface area (Å²) in [5, 5.41) is 12.3. The molecule has 0 saturated carbocycles. The number of nitrogens with one attached hydrogen (secondary N) is 1. The van der Waals surface area contributed by atoms with E-state index in [0.29, 0.717) is 5.75 Å². The lowest BCUT2D eigenvalue weighted by molar-refractivity contribution is -0.113. The molecule has 0 saturated heterocycles. The molecule has 0 aliphatic rings. The van der Waals surface area contributed by atoms with Gasteiger partial charge in [0.2, 0.25) is 5.91 Å². The van der Waals surface area contributed by atoms with Crippen LogP contribution in [0.1, 0.15) is 28.9 Å². The Kier molecular flexibility index (Phi) is 7.52. The van der Waals surface area contributed by atoms with Gasteiger partial charge in [-0.3, -0.25) is 4.79 Å². The molecule has 6 nitrogen and oxygen atoms in total. The molecule has 0 unspecified atom stereocenters. The molecule has 0 atom stereocenters. The third-order valence-corrected chi connectivity index (χ3v) is 6.18. The summed E-state index contributed by atoms with van der Waals surface area (Å²) in [7, 11) is 3.62. The number of carbonyl (C=O) groups is 1. The number of amides is 1. The molecule has 0 aliphatic carbocycles. The van der Waals surface area contributed by atoms with Gasteiger partial charge in [-0.2, -0.15) is 0 Å². The van der Waals surface area contributed by atoms with E-state index >= 15 is 0 Å². The van der Waals surface area contributed by atoms with Gasteiger partial charge in [0.05, 0.1) is 12.9 Å². The van der Waals surface area contributed by atoms with E-state index in [-0.39, 0.29) is 5.91 Å². The Labute approximate surface area is 182 Å². The zero-order valence-corrected chi connectivity index (χ0v) is 18.8. The maximum absolute atomic E-state index is 12.3. The van der Waals surface area contributed by atoms with Crippen LogP contribution in [-0.4, -0.2) is 33.5 Å². The van der Waals surface area contributed by atoms with Crippen LogP contribution in [0.3, 0.4) is 0 Å². The molecular weight excluding hydrogens is 396 g/mol. The predicted octanol–water partition coefficient (Wildman–Crippen LogP) is 4.35. The number of aromatic nitrogens is 3. The topological polar surface area (TPSA) is 69.0 Å². The number of benzene rings is 2. The van der Waals surface area contributed by atoms with Crippen LogP contribution in [0.4, 0.5) is 5.69 Å². The molecule has 0 bridgehead atoms. The molecule has 1 aromatic heterocycles. The molecule has 1 amide bonds. The minimum atomic E-state index is -0.0437. The van der Waals surface area contributed by atoms with Gasteiger partial charge in [0.1, 0.15) is 11.6 Å². The molecule has 2 aromatic carbocycles. The molecule has 3 aromatic rings. The Morgan fingerprint density at radius 3 is 2.60 bits per heavy atom. The Hall–Kier alpha value is -2.80. The number of aryl methyl sites for hydroxylation is 3. The van der Waals surface area contributed by atoms with E-state index in [9.17, 15) is 4.79 Å². The first-order chi connectivity index (χ1) is 14.5. The van der Waals surface area contributed by atoms with Gasteiger partial charge in [0.25, 0.3) is 0 Å². The van der Waals surface area contributed by atoms with Crippen LogP contribution in [0.2, 0.25) is 0 Å². The highest BCUT2D eigenvalue weighted by Gasteiger charge is 2.12. The fourth-order valence-electron chi connectivity index (χ4n) is 3.13. The quantitative estimate of drug-likeness (QED) is 0.517. The maximum Gasteiger partial charge on any atom is 0.234 e. The van der Waals surface area contributed by atoms with Gasteiger partial charge in [-0.15, -0.1) is 10.2 Å². The van der Waals surface area contributed by atoms with Crippen molar-refractivity contribution in [3.63, 3.8) is 0 Å². The van der Waals surface area contributed by atoms with E-state index in [4.69, 9.17) is 4.74 Å².